The largest absolute Gasteiger partial charge is 0.493 e. The predicted molar refractivity (Wildman–Crippen MR) is 112 cm³/mol. The molecule has 0 amide bonds. The molecule has 0 radical (unpaired) electrons. The summed E-state index contributed by atoms with van der Waals surface area (Å²) in [6, 6.07) is 6.33. The van der Waals surface area contributed by atoms with Crippen molar-refractivity contribution in [1.82, 2.24) is 15.0 Å². The van der Waals surface area contributed by atoms with E-state index in [4.69, 9.17) is 14.0 Å². The molecule has 1 saturated heterocycles. The molecular weight excluding hydrogens is 403 g/mol. The Morgan fingerprint density at radius 3 is 2.64 bits per heavy atom. The molecule has 1 atom stereocenters. The van der Waals surface area contributed by atoms with E-state index in [0.29, 0.717) is 12.0 Å². The zero-order valence-electron chi connectivity index (χ0n) is 16.2. The van der Waals surface area contributed by atoms with E-state index in [-0.39, 0.29) is 24.8 Å². The fraction of sp³-hybridized carbons (Fsp3) is 0.579. The molecule has 1 saturated carbocycles. The van der Waals surface area contributed by atoms with Crippen LogP contribution in [-0.2, 0) is 6.54 Å². The first-order valence-corrected chi connectivity index (χ1v) is 9.28. The average Bonchev–Trinajstić information content (AvgIpc) is 3.41. The number of ether oxygens (including phenoxy) is 2. The number of likely N-dealkylation sites (tertiary alicyclic amines) is 1. The Kier molecular flexibility index (Phi) is 8.22. The molecule has 7 nitrogen and oxygen atoms in total. The normalized spacial score (nSPS) is 19.3. The highest BCUT2D eigenvalue weighted by Crippen LogP contribution is 2.39. The third-order valence-corrected chi connectivity index (χ3v) is 5.04. The van der Waals surface area contributed by atoms with Crippen LogP contribution in [-0.4, -0.2) is 48.4 Å². The van der Waals surface area contributed by atoms with Crippen LogP contribution in [0.4, 0.5) is 5.69 Å². The minimum absolute atomic E-state index is 0. The maximum absolute atomic E-state index is 5.39. The summed E-state index contributed by atoms with van der Waals surface area (Å²) in [6.07, 6.45) is 4.66. The first-order valence-electron chi connectivity index (χ1n) is 9.28. The van der Waals surface area contributed by atoms with Crippen LogP contribution in [0.2, 0.25) is 0 Å². The zero-order chi connectivity index (χ0) is 17.9. The minimum atomic E-state index is 0. The molecule has 0 spiro atoms. The molecular formula is C19H28Cl2N4O3. The lowest BCUT2D eigenvalue weighted by molar-refractivity contribution is 0.201. The van der Waals surface area contributed by atoms with E-state index in [1.165, 1.54) is 12.8 Å². The highest BCUT2D eigenvalue weighted by atomic mass is 35.5. The second-order valence-corrected chi connectivity index (χ2v) is 7.11. The molecule has 1 aromatic carbocycles. The van der Waals surface area contributed by atoms with Gasteiger partial charge in [-0.3, -0.25) is 4.90 Å². The summed E-state index contributed by atoms with van der Waals surface area (Å²) in [5, 5.41) is 7.76. The highest BCUT2D eigenvalue weighted by molar-refractivity contribution is 5.85. The third kappa shape index (κ3) is 5.43. The second-order valence-electron chi connectivity index (χ2n) is 7.11. The van der Waals surface area contributed by atoms with Gasteiger partial charge in [-0.1, -0.05) is 5.16 Å². The number of halogens is 2. The van der Waals surface area contributed by atoms with Gasteiger partial charge in [-0.15, -0.1) is 24.8 Å². The molecule has 4 rings (SSSR count). The van der Waals surface area contributed by atoms with Gasteiger partial charge in [-0.25, -0.2) is 0 Å². The van der Waals surface area contributed by atoms with Crippen LogP contribution in [0, 0.1) is 0 Å². The van der Waals surface area contributed by atoms with Crippen molar-refractivity contribution in [1.29, 1.82) is 0 Å². The van der Waals surface area contributed by atoms with Crippen molar-refractivity contribution in [2.24, 2.45) is 0 Å². The highest BCUT2D eigenvalue weighted by Gasteiger charge is 2.30. The van der Waals surface area contributed by atoms with Crippen molar-refractivity contribution in [3.05, 3.63) is 29.9 Å². The standard InChI is InChI=1S/C19H26N4O3.2ClH/c1-24-16-8-7-14(10-17(16)25-2)20-15-4-3-9-23(11-15)12-18-21-19(26-22-18)13-5-6-13;;/h7-8,10,13,15,20H,3-6,9,11-12H2,1-2H3;2*1H. The van der Waals surface area contributed by atoms with Crippen LogP contribution in [0.1, 0.15) is 43.3 Å². The van der Waals surface area contributed by atoms with Crippen LogP contribution >= 0.6 is 24.8 Å². The molecule has 2 fully saturated rings. The molecule has 1 aliphatic carbocycles. The fourth-order valence-corrected chi connectivity index (χ4v) is 3.51. The van der Waals surface area contributed by atoms with Gasteiger partial charge in [0.05, 0.1) is 20.8 Å². The molecule has 1 unspecified atom stereocenters. The molecule has 1 N–H and O–H groups in total. The van der Waals surface area contributed by atoms with Gasteiger partial charge in [0, 0.05) is 30.3 Å². The van der Waals surface area contributed by atoms with Gasteiger partial charge in [0.2, 0.25) is 5.89 Å². The number of aromatic nitrogens is 2. The first-order chi connectivity index (χ1) is 12.7. The van der Waals surface area contributed by atoms with Gasteiger partial charge >= 0.3 is 0 Å². The predicted octanol–water partition coefficient (Wildman–Crippen LogP) is 3.88. The van der Waals surface area contributed by atoms with Crippen LogP contribution in [0.15, 0.2) is 22.7 Å². The maximum atomic E-state index is 5.39. The Bertz CT molecular complexity index is 755. The van der Waals surface area contributed by atoms with Gasteiger partial charge < -0.3 is 19.3 Å². The summed E-state index contributed by atoms with van der Waals surface area (Å²) < 4.78 is 16.1. The maximum Gasteiger partial charge on any atom is 0.229 e. The summed E-state index contributed by atoms with van der Waals surface area (Å²) >= 11 is 0. The molecule has 156 valence electrons. The smallest absolute Gasteiger partial charge is 0.229 e. The molecule has 2 aliphatic rings. The molecule has 2 aromatic rings. The molecule has 0 bridgehead atoms. The second kappa shape index (κ2) is 10.2. The number of hydrogen-bond acceptors (Lipinski definition) is 7. The van der Waals surface area contributed by atoms with E-state index in [9.17, 15) is 0 Å². The fourth-order valence-electron chi connectivity index (χ4n) is 3.51. The minimum Gasteiger partial charge on any atom is -0.493 e. The number of nitrogens with zero attached hydrogens (tertiary/aromatic N) is 3. The van der Waals surface area contributed by atoms with Crippen LogP contribution < -0.4 is 14.8 Å². The van der Waals surface area contributed by atoms with Gasteiger partial charge in [-0.05, 0) is 44.4 Å². The summed E-state index contributed by atoms with van der Waals surface area (Å²) in [5.74, 6) is 3.62. The monoisotopic (exact) mass is 430 g/mol. The number of hydrogen-bond donors (Lipinski definition) is 1. The number of nitrogens with one attached hydrogen (secondary N) is 1. The van der Waals surface area contributed by atoms with E-state index >= 15 is 0 Å². The number of benzene rings is 1. The van der Waals surface area contributed by atoms with Gasteiger partial charge in [0.15, 0.2) is 17.3 Å². The lowest BCUT2D eigenvalue weighted by atomic mass is 10.1. The van der Waals surface area contributed by atoms with Crippen LogP contribution in [0.3, 0.4) is 0 Å². The van der Waals surface area contributed by atoms with Crippen LogP contribution in [0.5, 0.6) is 11.5 Å². The van der Waals surface area contributed by atoms with E-state index in [1.54, 1.807) is 14.2 Å². The van der Waals surface area contributed by atoms with E-state index in [0.717, 1.165) is 61.4 Å². The van der Waals surface area contributed by atoms with Crippen LogP contribution in [0.25, 0.3) is 0 Å². The summed E-state index contributed by atoms with van der Waals surface area (Å²) in [5.41, 5.74) is 1.05. The average molecular weight is 431 g/mol. The number of rotatable bonds is 7. The van der Waals surface area contributed by atoms with Crippen molar-refractivity contribution in [3.63, 3.8) is 0 Å². The van der Waals surface area contributed by atoms with Crippen molar-refractivity contribution in [2.75, 3.05) is 32.6 Å². The van der Waals surface area contributed by atoms with Crippen molar-refractivity contribution < 1.29 is 14.0 Å². The van der Waals surface area contributed by atoms with Gasteiger partial charge in [-0.2, -0.15) is 4.98 Å². The Hall–Kier alpha value is -1.70. The van der Waals surface area contributed by atoms with Gasteiger partial charge in [0.25, 0.3) is 0 Å². The molecule has 1 aromatic heterocycles. The Balaban J connectivity index is 0.00000140. The van der Waals surface area contributed by atoms with E-state index in [1.807, 2.05) is 18.2 Å². The summed E-state index contributed by atoms with van der Waals surface area (Å²) in [7, 11) is 3.31. The number of methoxy groups -OCH3 is 2. The van der Waals surface area contributed by atoms with Crippen molar-refractivity contribution >= 4 is 30.5 Å². The Morgan fingerprint density at radius 2 is 1.93 bits per heavy atom. The Morgan fingerprint density at radius 1 is 1.14 bits per heavy atom. The lowest BCUT2D eigenvalue weighted by Gasteiger charge is -2.33. The lowest BCUT2D eigenvalue weighted by Crippen LogP contribution is -2.41. The van der Waals surface area contributed by atoms with Crippen molar-refractivity contribution in [2.45, 2.75) is 44.2 Å². The van der Waals surface area contributed by atoms with E-state index in [2.05, 4.69) is 20.4 Å². The van der Waals surface area contributed by atoms with E-state index < -0.39 is 0 Å². The summed E-state index contributed by atoms with van der Waals surface area (Å²) in [6.45, 7) is 2.78. The molecule has 2 heterocycles. The van der Waals surface area contributed by atoms with Gasteiger partial charge in [0.1, 0.15) is 0 Å². The molecule has 9 heteroatoms. The molecule has 1 aliphatic heterocycles. The Labute approximate surface area is 178 Å². The SMILES string of the molecule is COc1ccc(NC2CCCN(Cc3noc(C4CC4)n3)C2)cc1OC.Cl.Cl. The number of piperidine rings is 1. The quantitative estimate of drug-likeness (QED) is 0.713. The summed E-state index contributed by atoms with van der Waals surface area (Å²) in [4.78, 5) is 6.94. The first kappa shape index (κ1) is 22.6. The number of anilines is 1. The zero-order valence-corrected chi connectivity index (χ0v) is 17.9. The molecule has 28 heavy (non-hydrogen) atoms. The third-order valence-electron chi connectivity index (χ3n) is 5.04. The van der Waals surface area contributed by atoms with Crippen molar-refractivity contribution in [3.8, 4) is 11.5 Å². The topological polar surface area (TPSA) is 72.7 Å².